The first-order valence-corrected chi connectivity index (χ1v) is 9.33. The normalized spacial score (nSPS) is 17.5. The van der Waals surface area contributed by atoms with Gasteiger partial charge >= 0.3 is 0 Å². The van der Waals surface area contributed by atoms with Gasteiger partial charge < -0.3 is 10.6 Å². The van der Waals surface area contributed by atoms with E-state index in [1.165, 1.54) is 32.4 Å². The second-order valence-corrected chi connectivity index (χ2v) is 7.05. The SMILES string of the molecule is CCNC(=NCc1ccnn1C)NCC(CC(C)C)N1CCCC1. The van der Waals surface area contributed by atoms with Gasteiger partial charge in [-0.25, -0.2) is 4.99 Å². The number of hydrogen-bond donors (Lipinski definition) is 2. The fourth-order valence-electron chi connectivity index (χ4n) is 3.29. The maximum absolute atomic E-state index is 4.71. The van der Waals surface area contributed by atoms with Crippen LogP contribution in [0.3, 0.4) is 0 Å². The van der Waals surface area contributed by atoms with E-state index >= 15 is 0 Å². The molecular weight excluding hydrogens is 300 g/mol. The van der Waals surface area contributed by atoms with Crippen LogP contribution in [0.25, 0.3) is 0 Å². The van der Waals surface area contributed by atoms with Crippen LogP contribution in [0, 0.1) is 5.92 Å². The van der Waals surface area contributed by atoms with Crippen LogP contribution in [-0.4, -0.2) is 52.9 Å². The molecule has 24 heavy (non-hydrogen) atoms. The third-order valence-electron chi connectivity index (χ3n) is 4.57. The number of hydrogen-bond acceptors (Lipinski definition) is 3. The Morgan fingerprint density at radius 1 is 1.29 bits per heavy atom. The largest absolute Gasteiger partial charge is 0.357 e. The van der Waals surface area contributed by atoms with Gasteiger partial charge in [0.2, 0.25) is 0 Å². The molecule has 1 unspecified atom stereocenters. The zero-order valence-corrected chi connectivity index (χ0v) is 15.8. The molecule has 1 aromatic heterocycles. The third-order valence-corrected chi connectivity index (χ3v) is 4.57. The Kier molecular flexibility index (Phi) is 7.56. The van der Waals surface area contributed by atoms with Gasteiger partial charge in [-0.05, 0) is 51.3 Å². The smallest absolute Gasteiger partial charge is 0.191 e. The molecule has 0 aromatic carbocycles. The second-order valence-electron chi connectivity index (χ2n) is 7.05. The van der Waals surface area contributed by atoms with Crippen LogP contribution in [0.2, 0.25) is 0 Å². The van der Waals surface area contributed by atoms with Crippen LogP contribution in [0.4, 0.5) is 0 Å². The second kappa shape index (κ2) is 9.67. The molecule has 0 amide bonds. The fraction of sp³-hybridized carbons (Fsp3) is 0.778. The van der Waals surface area contributed by atoms with Crippen molar-refractivity contribution in [1.29, 1.82) is 0 Å². The summed E-state index contributed by atoms with van der Waals surface area (Å²) < 4.78 is 1.87. The highest BCUT2D eigenvalue weighted by Crippen LogP contribution is 2.17. The molecule has 0 aliphatic carbocycles. The quantitative estimate of drug-likeness (QED) is 0.564. The van der Waals surface area contributed by atoms with E-state index in [0.717, 1.165) is 24.7 Å². The number of likely N-dealkylation sites (tertiary alicyclic amines) is 1. The molecule has 1 aliphatic rings. The average molecular weight is 335 g/mol. The van der Waals surface area contributed by atoms with Gasteiger partial charge in [0, 0.05) is 32.4 Å². The van der Waals surface area contributed by atoms with E-state index in [0.29, 0.717) is 18.5 Å². The van der Waals surface area contributed by atoms with Crippen molar-refractivity contribution < 1.29 is 0 Å². The molecule has 6 heteroatoms. The molecule has 2 N–H and O–H groups in total. The van der Waals surface area contributed by atoms with Crippen molar-refractivity contribution in [3.8, 4) is 0 Å². The van der Waals surface area contributed by atoms with Crippen molar-refractivity contribution >= 4 is 5.96 Å². The first kappa shape index (κ1) is 18.8. The summed E-state index contributed by atoms with van der Waals surface area (Å²) in [6, 6.07) is 2.60. The number of aliphatic imine (C=N–C) groups is 1. The number of nitrogens with zero attached hydrogens (tertiary/aromatic N) is 4. The molecule has 1 aromatic rings. The Labute approximate surface area is 146 Å². The van der Waals surface area contributed by atoms with Crippen LogP contribution in [0.5, 0.6) is 0 Å². The van der Waals surface area contributed by atoms with Crippen molar-refractivity contribution in [2.24, 2.45) is 18.0 Å². The summed E-state index contributed by atoms with van der Waals surface area (Å²) in [7, 11) is 1.96. The predicted molar refractivity (Wildman–Crippen MR) is 100 cm³/mol. The molecule has 0 saturated carbocycles. The van der Waals surface area contributed by atoms with E-state index in [4.69, 9.17) is 4.99 Å². The summed E-state index contributed by atoms with van der Waals surface area (Å²) in [5.41, 5.74) is 1.12. The molecule has 1 fully saturated rings. The van der Waals surface area contributed by atoms with Crippen molar-refractivity contribution in [3.63, 3.8) is 0 Å². The van der Waals surface area contributed by atoms with Crippen molar-refractivity contribution in [2.45, 2.75) is 52.6 Å². The van der Waals surface area contributed by atoms with E-state index < -0.39 is 0 Å². The Bertz CT molecular complexity index is 501. The van der Waals surface area contributed by atoms with Gasteiger partial charge in [0.15, 0.2) is 5.96 Å². The summed E-state index contributed by atoms with van der Waals surface area (Å²) in [4.78, 5) is 7.35. The Hall–Kier alpha value is -1.56. The number of aromatic nitrogens is 2. The van der Waals surface area contributed by atoms with E-state index in [-0.39, 0.29) is 0 Å². The van der Waals surface area contributed by atoms with Gasteiger partial charge in [0.1, 0.15) is 0 Å². The third kappa shape index (κ3) is 5.82. The van der Waals surface area contributed by atoms with Gasteiger partial charge in [-0.15, -0.1) is 0 Å². The molecule has 1 atom stereocenters. The molecule has 1 saturated heterocycles. The highest BCUT2D eigenvalue weighted by molar-refractivity contribution is 5.79. The van der Waals surface area contributed by atoms with Crippen molar-refractivity contribution in [1.82, 2.24) is 25.3 Å². The molecule has 2 heterocycles. The highest BCUT2D eigenvalue weighted by Gasteiger charge is 2.22. The highest BCUT2D eigenvalue weighted by atomic mass is 15.3. The zero-order chi connectivity index (χ0) is 17.4. The lowest BCUT2D eigenvalue weighted by atomic mass is 10.0. The van der Waals surface area contributed by atoms with Crippen molar-refractivity contribution in [2.75, 3.05) is 26.2 Å². The Balaban J connectivity index is 1.93. The molecule has 2 rings (SSSR count). The topological polar surface area (TPSA) is 57.5 Å². The van der Waals surface area contributed by atoms with Gasteiger partial charge in [-0.2, -0.15) is 5.10 Å². The molecule has 0 bridgehead atoms. The summed E-state index contributed by atoms with van der Waals surface area (Å²) in [5, 5.41) is 11.1. The Morgan fingerprint density at radius 3 is 2.62 bits per heavy atom. The Morgan fingerprint density at radius 2 is 2.04 bits per heavy atom. The number of aryl methyl sites for hydroxylation is 1. The first-order chi connectivity index (χ1) is 11.6. The van der Waals surface area contributed by atoms with Gasteiger partial charge in [0.25, 0.3) is 0 Å². The fourth-order valence-corrected chi connectivity index (χ4v) is 3.29. The molecule has 6 nitrogen and oxygen atoms in total. The van der Waals surface area contributed by atoms with Crippen LogP contribution >= 0.6 is 0 Å². The lowest BCUT2D eigenvalue weighted by molar-refractivity contribution is 0.213. The molecule has 0 spiro atoms. The van der Waals surface area contributed by atoms with Crippen molar-refractivity contribution in [3.05, 3.63) is 18.0 Å². The van der Waals surface area contributed by atoms with E-state index in [1.54, 1.807) is 0 Å². The van der Waals surface area contributed by atoms with Crippen LogP contribution in [0.15, 0.2) is 17.3 Å². The maximum atomic E-state index is 4.71. The minimum atomic E-state index is 0.591. The zero-order valence-electron chi connectivity index (χ0n) is 15.8. The minimum Gasteiger partial charge on any atom is -0.357 e. The number of nitrogens with one attached hydrogen (secondary N) is 2. The van der Waals surface area contributed by atoms with E-state index in [2.05, 4.69) is 41.4 Å². The molecule has 1 aliphatic heterocycles. The minimum absolute atomic E-state index is 0.591. The molecule has 0 radical (unpaired) electrons. The summed E-state index contributed by atoms with van der Waals surface area (Å²) in [6.45, 7) is 11.7. The number of guanidine groups is 1. The summed E-state index contributed by atoms with van der Waals surface area (Å²) in [5.74, 6) is 1.61. The van der Waals surface area contributed by atoms with Crippen LogP contribution in [-0.2, 0) is 13.6 Å². The lowest BCUT2D eigenvalue weighted by Gasteiger charge is -2.29. The summed E-state index contributed by atoms with van der Waals surface area (Å²) in [6.07, 6.45) is 5.72. The van der Waals surface area contributed by atoms with E-state index in [9.17, 15) is 0 Å². The standard InChI is InChI=1S/C18H34N6/c1-5-19-18(20-13-16-8-9-22-23(16)4)21-14-17(12-15(2)3)24-10-6-7-11-24/h8-9,15,17H,5-7,10-14H2,1-4H3,(H2,19,20,21). The number of rotatable bonds is 8. The monoisotopic (exact) mass is 334 g/mol. The molecule has 136 valence electrons. The average Bonchev–Trinajstić information content (AvgIpc) is 3.20. The summed E-state index contributed by atoms with van der Waals surface area (Å²) >= 11 is 0. The van der Waals surface area contributed by atoms with E-state index in [1.807, 2.05) is 24.0 Å². The van der Waals surface area contributed by atoms with Gasteiger partial charge in [-0.1, -0.05) is 13.8 Å². The van der Waals surface area contributed by atoms with Gasteiger partial charge in [0.05, 0.1) is 12.2 Å². The predicted octanol–water partition coefficient (Wildman–Crippen LogP) is 1.99. The van der Waals surface area contributed by atoms with Gasteiger partial charge in [-0.3, -0.25) is 9.58 Å². The molecular formula is C18H34N6. The first-order valence-electron chi connectivity index (χ1n) is 9.33. The lowest BCUT2D eigenvalue weighted by Crippen LogP contribution is -2.47. The maximum Gasteiger partial charge on any atom is 0.191 e. The van der Waals surface area contributed by atoms with Crippen LogP contribution in [0.1, 0.15) is 45.7 Å². The van der Waals surface area contributed by atoms with Crippen LogP contribution < -0.4 is 10.6 Å².